The predicted molar refractivity (Wildman–Crippen MR) is 75.4 cm³/mol. The molecule has 0 amide bonds. The zero-order chi connectivity index (χ0) is 19.0. The first-order valence-electron chi connectivity index (χ1n) is 5.45. The van der Waals surface area contributed by atoms with E-state index in [0.29, 0.717) is 0 Å². The van der Waals surface area contributed by atoms with Gasteiger partial charge in [-0.3, -0.25) is 9.59 Å². The molecule has 0 aromatic heterocycles. The number of rotatable bonds is 8. The molecule has 0 rings (SSSR count). The molecule has 0 heterocycles. The number of aliphatic carboxylic acids is 5. The number of aliphatic hydroxyl groups excluding tert-OH is 2. The van der Waals surface area contributed by atoms with Gasteiger partial charge in [-0.1, -0.05) is 0 Å². The number of hydrogen-bond acceptors (Lipinski definition) is 8. The van der Waals surface area contributed by atoms with E-state index >= 15 is 0 Å². The van der Waals surface area contributed by atoms with Crippen LogP contribution < -0.4 is 51.4 Å². The van der Waals surface area contributed by atoms with Gasteiger partial charge >= 0.3 is 106 Å². The van der Waals surface area contributed by atoms with E-state index in [1.807, 2.05) is 0 Å². The van der Waals surface area contributed by atoms with Gasteiger partial charge < -0.3 is 42.3 Å². The van der Waals surface area contributed by atoms with Crippen molar-refractivity contribution in [1.82, 2.24) is 0 Å². The van der Waals surface area contributed by atoms with Crippen LogP contribution in [-0.4, -0.2) is 113 Å². The molecule has 0 saturated heterocycles. The summed E-state index contributed by atoms with van der Waals surface area (Å²) in [5, 5.41) is 66.3. The van der Waals surface area contributed by atoms with E-state index < -0.39 is 60.5 Å². The van der Waals surface area contributed by atoms with Crippen molar-refractivity contribution < 1.29 is 135 Å². The molecule has 0 bridgehead atoms. The molecule has 0 spiro atoms. The number of hydrogen-bond donors (Lipinski definition) is 8. The van der Waals surface area contributed by atoms with Gasteiger partial charge in [-0.25, -0.2) is 14.4 Å². The Bertz CT molecular complexity index is 471. The van der Waals surface area contributed by atoms with Crippen LogP contribution in [-0.2, 0) is 41.0 Å². The molecule has 0 aromatic rings. The molecule has 16 heteroatoms. The molecule has 2 unspecified atom stereocenters. The van der Waals surface area contributed by atoms with Crippen molar-refractivity contribution in [2.24, 2.45) is 0 Å². The van der Waals surface area contributed by atoms with E-state index in [1.54, 1.807) is 0 Å². The van der Waals surface area contributed by atoms with E-state index in [-0.39, 0.29) is 94.3 Å². The molecule has 0 aromatic carbocycles. The third-order valence-electron chi connectivity index (χ3n) is 2.09. The van der Waals surface area contributed by atoms with Crippen molar-refractivity contribution >= 4 is 54.3 Å². The normalized spacial score (nSPS) is 11.5. The topological polar surface area (TPSA) is 247 Å². The molecule has 8 N–H and O–H groups in total. The summed E-state index contributed by atoms with van der Waals surface area (Å²) in [6.07, 6.45) is -6.82. The number of carboxylic acid groups (broad SMARTS) is 5. The maximum atomic E-state index is 10.3. The van der Waals surface area contributed by atoms with Crippen molar-refractivity contribution in [1.29, 1.82) is 0 Å². The minimum atomic E-state index is -2.74. The monoisotopic (exact) mass is 569 g/mol. The summed E-state index contributed by atoms with van der Waals surface area (Å²) >= 11 is 0. The third-order valence-corrected chi connectivity index (χ3v) is 2.09. The molecular formula is C10H18CuKO13Sb. The Kier molecular flexibility index (Phi) is 24.7. The van der Waals surface area contributed by atoms with Gasteiger partial charge in [0.15, 0.2) is 17.8 Å². The van der Waals surface area contributed by atoms with Crippen LogP contribution in [0.3, 0.4) is 0 Å². The summed E-state index contributed by atoms with van der Waals surface area (Å²) in [6.45, 7) is 0. The van der Waals surface area contributed by atoms with Crippen molar-refractivity contribution in [3.05, 3.63) is 0 Å². The Balaban J connectivity index is -0.0000000728. The van der Waals surface area contributed by atoms with E-state index in [2.05, 4.69) is 0 Å². The summed E-state index contributed by atoms with van der Waals surface area (Å²) in [5.74, 6) is -8.56. The summed E-state index contributed by atoms with van der Waals surface area (Å²) < 4.78 is 0. The Labute approximate surface area is 217 Å². The number of carboxylic acids is 5. The second kappa shape index (κ2) is 17.3. The van der Waals surface area contributed by atoms with E-state index in [0.717, 1.165) is 0 Å². The zero-order valence-corrected chi connectivity index (χ0v) is 21.3. The average molecular weight is 571 g/mol. The molecule has 2 atom stereocenters. The van der Waals surface area contributed by atoms with Crippen LogP contribution >= 0.6 is 0 Å². The molecule has 0 aliphatic rings. The van der Waals surface area contributed by atoms with Gasteiger partial charge in [-0.05, 0) is 0 Å². The Morgan fingerprint density at radius 2 is 1.00 bits per heavy atom. The van der Waals surface area contributed by atoms with Crippen LogP contribution in [0.25, 0.3) is 0 Å². The van der Waals surface area contributed by atoms with Gasteiger partial charge in [0.25, 0.3) is 0 Å². The van der Waals surface area contributed by atoms with E-state index in [9.17, 15) is 24.0 Å². The third kappa shape index (κ3) is 16.4. The summed E-state index contributed by atoms with van der Waals surface area (Å²) in [5.41, 5.74) is -2.74. The van der Waals surface area contributed by atoms with Crippen LogP contribution in [0.4, 0.5) is 0 Å². The predicted octanol–water partition coefficient (Wildman–Crippen LogP) is -7.44. The fraction of sp³-hybridized carbons (Fsp3) is 0.500. The molecule has 0 saturated carbocycles. The standard InChI is InChI=1S/C6H8O7.C4H6O6.Cu.K.Sb.4H/c7-3(8)1-6(13,5(11)12)2-4(9)10;5-1(3(7)8)2(6)4(9)10;;;;;;;/h13H,1-2H2,(H,7,8)(H,9,10)(H,11,12);1-2,5-6H,(H,7,8)(H,9,10);;;;;;;/q;;;+1;;;;;-1. The Morgan fingerprint density at radius 1 is 0.769 bits per heavy atom. The second-order valence-electron chi connectivity index (χ2n) is 4.04. The molecule has 0 aliphatic carbocycles. The van der Waals surface area contributed by atoms with Gasteiger partial charge in [0.05, 0.1) is 12.8 Å². The number of carbonyl (C=O) groups is 5. The Hall–Kier alpha value is 0.204. The Morgan fingerprint density at radius 3 is 1.12 bits per heavy atom. The van der Waals surface area contributed by atoms with E-state index in [4.69, 9.17) is 40.9 Å². The average Bonchev–Trinajstić information content (AvgIpc) is 2.35. The van der Waals surface area contributed by atoms with Crippen molar-refractivity contribution in [2.75, 3.05) is 0 Å². The van der Waals surface area contributed by atoms with E-state index in [1.165, 1.54) is 0 Å². The maximum absolute atomic E-state index is 10.3. The van der Waals surface area contributed by atoms with Crippen LogP contribution in [0.5, 0.6) is 0 Å². The summed E-state index contributed by atoms with van der Waals surface area (Å²) in [6, 6.07) is 0. The van der Waals surface area contributed by atoms with Gasteiger partial charge in [0, 0.05) is 17.1 Å². The van der Waals surface area contributed by atoms with Crippen molar-refractivity contribution in [2.45, 2.75) is 30.7 Å². The van der Waals surface area contributed by atoms with Crippen LogP contribution in [0, 0.1) is 0 Å². The summed E-state index contributed by atoms with van der Waals surface area (Å²) in [4.78, 5) is 50.0. The van der Waals surface area contributed by atoms with Crippen LogP contribution in [0.2, 0.25) is 0 Å². The van der Waals surface area contributed by atoms with Gasteiger partial charge in [-0.2, -0.15) is 0 Å². The molecule has 13 nitrogen and oxygen atoms in total. The first-order valence-corrected chi connectivity index (χ1v) is 5.45. The first-order chi connectivity index (χ1) is 10.2. The molecule has 153 valence electrons. The van der Waals surface area contributed by atoms with Crippen LogP contribution in [0.1, 0.15) is 14.3 Å². The zero-order valence-electron chi connectivity index (χ0n) is 14.2. The fourth-order valence-corrected chi connectivity index (χ4v) is 0.984. The van der Waals surface area contributed by atoms with Crippen molar-refractivity contribution in [3.8, 4) is 0 Å². The molecule has 0 aliphatic heterocycles. The number of aliphatic hydroxyl groups is 3. The second-order valence-corrected chi connectivity index (χ2v) is 4.04. The molecular weight excluding hydrogens is 553 g/mol. The SMILES string of the molecule is O=C(O)C(O)C(O)C(=O)O.O=C(O)CC(O)(CC(=O)O)C(=O)O.[Cu].[H-].[K+].[SbH3]. The van der Waals surface area contributed by atoms with Gasteiger partial charge in [0.1, 0.15) is 0 Å². The molecule has 1 radical (unpaired) electrons. The fourth-order valence-electron chi connectivity index (χ4n) is 0.984. The molecule has 0 fully saturated rings. The van der Waals surface area contributed by atoms with Gasteiger partial charge in [0.2, 0.25) is 0 Å². The summed E-state index contributed by atoms with van der Waals surface area (Å²) in [7, 11) is 0. The van der Waals surface area contributed by atoms with Crippen LogP contribution in [0.15, 0.2) is 0 Å². The minimum absolute atomic E-state index is 0. The van der Waals surface area contributed by atoms with Gasteiger partial charge in [-0.15, -0.1) is 0 Å². The van der Waals surface area contributed by atoms with Crippen molar-refractivity contribution in [3.63, 3.8) is 0 Å². The molecule has 26 heavy (non-hydrogen) atoms. The quantitative estimate of drug-likeness (QED) is 0.127. The first kappa shape index (κ1) is 37.0.